The zero-order valence-corrected chi connectivity index (χ0v) is 8.26. The maximum absolute atomic E-state index is 5.11. The minimum atomic E-state index is 0.738. The monoisotopic (exact) mass is 159 g/mol. The normalized spacial score (nSPS) is 13.9. The van der Waals surface area contributed by atoms with Crippen molar-refractivity contribution in [1.82, 2.24) is 4.90 Å². The van der Waals surface area contributed by atoms with E-state index in [1.807, 2.05) is 0 Å². The molecule has 0 saturated heterocycles. The van der Waals surface area contributed by atoms with Crippen LogP contribution in [0.15, 0.2) is 0 Å². The summed E-state index contributed by atoms with van der Waals surface area (Å²) in [6.07, 6.45) is 2.47. The summed E-state index contributed by atoms with van der Waals surface area (Å²) in [5, 5.41) is 0. The van der Waals surface area contributed by atoms with Gasteiger partial charge in [-0.05, 0) is 33.0 Å². The van der Waals surface area contributed by atoms with Gasteiger partial charge in [0.2, 0.25) is 0 Å². The molecular formula is C9H21NO. The fourth-order valence-corrected chi connectivity index (χ4v) is 1.08. The van der Waals surface area contributed by atoms with Crippen LogP contribution >= 0.6 is 0 Å². The molecule has 0 amide bonds. The lowest BCUT2D eigenvalue weighted by atomic mass is 10.0. The van der Waals surface area contributed by atoms with Crippen LogP contribution in [0.4, 0.5) is 0 Å². The molecule has 2 heteroatoms. The van der Waals surface area contributed by atoms with Crippen molar-refractivity contribution in [2.75, 3.05) is 34.4 Å². The van der Waals surface area contributed by atoms with Gasteiger partial charge in [-0.2, -0.15) is 0 Å². The molecule has 0 aliphatic rings. The first kappa shape index (κ1) is 10.9. The number of hydrogen-bond acceptors (Lipinski definition) is 2. The SMILES string of the molecule is CCC(CCN(C)C)COC. The molecule has 0 rings (SSSR count). The van der Waals surface area contributed by atoms with Gasteiger partial charge in [-0.1, -0.05) is 13.3 Å². The molecule has 2 nitrogen and oxygen atoms in total. The Kier molecular flexibility index (Phi) is 6.57. The second-order valence-electron chi connectivity index (χ2n) is 3.32. The summed E-state index contributed by atoms with van der Waals surface area (Å²) >= 11 is 0. The van der Waals surface area contributed by atoms with Crippen molar-refractivity contribution in [2.45, 2.75) is 19.8 Å². The summed E-state index contributed by atoms with van der Waals surface area (Å²) in [7, 11) is 6.00. The fourth-order valence-electron chi connectivity index (χ4n) is 1.08. The van der Waals surface area contributed by atoms with Crippen LogP contribution in [0.1, 0.15) is 19.8 Å². The number of hydrogen-bond donors (Lipinski definition) is 0. The smallest absolute Gasteiger partial charge is 0.0490 e. The standard InChI is InChI=1S/C9H21NO/c1-5-9(8-11-4)6-7-10(2)3/h9H,5-8H2,1-4H3. The molecule has 0 aromatic heterocycles. The van der Waals surface area contributed by atoms with E-state index in [0.29, 0.717) is 0 Å². The summed E-state index contributed by atoms with van der Waals surface area (Å²) in [4.78, 5) is 2.22. The third-order valence-corrected chi connectivity index (χ3v) is 1.96. The van der Waals surface area contributed by atoms with E-state index in [1.165, 1.54) is 19.4 Å². The Morgan fingerprint density at radius 3 is 2.36 bits per heavy atom. The molecule has 1 unspecified atom stereocenters. The maximum atomic E-state index is 5.11. The Balaban J connectivity index is 3.35. The molecule has 11 heavy (non-hydrogen) atoms. The minimum Gasteiger partial charge on any atom is -0.384 e. The summed E-state index contributed by atoms with van der Waals surface area (Å²) < 4.78 is 5.11. The van der Waals surface area contributed by atoms with Crippen LogP contribution in [-0.4, -0.2) is 39.3 Å². The van der Waals surface area contributed by atoms with Crippen molar-refractivity contribution in [3.05, 3.63) is 0 Å². The first-order chi connectivity index (χ1) is 5.20. The third-order valence-electron chi connectivity index (χ3n) is 1.96. The highest BCUT2D eigenvalue weighted by Gasteiger charge is 2.05. The van der Waals surface area contributed by atoms with E-state index in [-0.39, 0.29) is 0 Å². The molecule has 0 aromatic carbocycles. The van der Waals surface area contributed by atoms with E-state index in [1.54, 1.807) is 7.11 Å². The Hall–Kier alpha value is -0.0800. The second kappa shape index (κ2) is 6.62. The molecule has 0 aliphatic carbocycles. The van der Waals surface area contributed by atoms with Gasteiger partial charge in [0, 0.05) is 13.7 Å². The van der Waals surface area contributed by atoms with E-state index < -0.39 is 0 Å². The Morgan fingerprint density at radius 1 is 1.36 bits per heavy atom. The molecule has 0 N–H and O–H groups in total. The lowest BCUT2D eigenvalue weighted by molar-refractivity contribution is 0.140. The molecule has 0 aromatic rings. The van der Waals surface area contributed by atoms with Gasteiger partial charge in [-0.15, -0.1) is 0 Å². The highest BCUT2D eigenvalue weighted by atomic mass is 16.5. The molecule has 0 aliphatic heterocycles. The average molecular weight is 159 g/mol. The number of rotatable bonds is 6. The van der Waals surface area contributed by atoms with Crippen molar-refractivity contribution in [3.8, 4) is 0 Å². The van der Waals surface area contributed by atoms with Gasteiger partial charge in [0.05, 0.1) is 0 Å². The zero-order chi connectivity index (χ0) is 8.69. The topological polar surface area (TPSA) is 12.5 Å². The Morgan fingerprint density at radius 2 is 2.00 bits per heavy atom. The summed E-state index contributed by atoms with van der Waals surface area (Å²) in [6, 6.07) is 0. The molecule has 0 spiro atoms. The number of nitrogens with zero attached hydrogens (tertiary/aromatic N) is 1. The van der Waals surface area contributed by atoms with Gasteiger partial charge in [0.25, 0.3) is 0 Å². The maximum Gasteiger partial charge on any atom is 0.0490 e. The van der Waals surface area contributed by atoms with E-state index in [4.69, 9.17) is 4.74 Å². The Labute approximate surface area is 70.5 Å². The Bertz CT molecular complexity index is 83.6. The van der Waals surface area contributed by atoms with Gasteiger partial charge in [-0.3, -0.25) is 0 Å². The van der Waals surface area contributed by atoms with Crippen LogP contribution in [-0.2, 0) is 4.74 Å². The van der Waals surface area contributed by atoms with Crippen molar-refractivity contribution >= 4 is 0 Å². The second-order valence-corrected chi connectivity index (χ2v) is 3.32. The molecule has 0 radical (unpaired) electrons. The first-order valence-electron chi connectivity index (χ1n) is 4.34. The average Bonchev–Trinajstić information content (AvgIpc) is 1.97. The van der Waals surface area contributed by atoms with E-state index in [9.17, 15) is 0 Å². The van der Waals surface area contributed by atoms with Gasteiger partial charge in [-0.25, -0.2) is 0 Å². The number of methoxy groups -OCH3 is 1. The highest BCUT2D eigenvalue weighted by Crippen LogP contribution is 2.08. The summed E-state index contributed by atoms with van der Waals surface area (Å²) in [5.41, 5.74) is 0. The summed E-state index contributed by atoms with van der Waals surface area (Å²) in [6.45, 7) is 4.30. The van der Waals surface area contributed by atoms with Crippen molar-refractivity contribution < 1.29 is 4.74 Å². The third kappa shape index (κ3) is 6.32. The van der Waals surface area contributed by atoms with Crippen LogP contribution in [0, 0.1) is 5.92 Å². The van der Waals surface area contributed by atoms with Gasteiger partial charge in [0.1, 0.15) is 0 Å². The van der Waals surface area contributed by atoms with Crippen LogP contribution in [0.25, 0.3) is 0 Å². The van der Waals surface area contributed by atoms with E-state index in [0.717, 1.165) is 12.5 Å². The van der Waals surface area contributed by atoms with Crippen molar-refractivity contribution in [2.24, 2.45) is 5.92 Å². The largest absolute Gasteiger partial charge is 0.384 e. The first-order valence-corrected chi connectivity index (χ1v) is 4.34. The van der Waals surface area contributed by atoms with Crippen molar-refractivity contribution in [3.63, 3.8) is 0 Å². The molecule has 1 atom stereocenters. The number of ether oxygens (including phenoxy) is 1. The highest BCUT2D eigenvalue weighted by molar-refractivity contribution is 4.57. The van der Waals surface area contributed by atoms with Crippen molar-refractivity contribution in [1.29, 1.82) is 0 Å². The van der Waals surface area contributed by atoms with Crippen LogP contribution in [0.3, 0.4) is 0 Å². The van der Waals surface area contributed by atoms with Crippen LogP contribution in [0.5, 0.6) is 0 Å². The minimum absolute atomic E-state index is 0.738. The molecule has 0 fully saturated rings. The molecule has 0 saturated carbocycles. The lowest BCUT2D eigenvalue weighted by Gasteiger charge is -2.16. The molecule has 0 bridgehead atoms. The van der Waals surface area contributed by atoms with Gasteiger partial charge in [0.15, 0.2) is 0 Å². The predicted molar refractivity (Wildman–Crippen MR) is 48.8 cm³/mol. The van der Waals surface area contributed by atoms with Crippen LogP contribution in [0.2, 0.25) is 0 Å². The predicted octanol–water partition coefficient (Wildman–Crippen LogP) is 1.61. The lowest BCUT2D eigenvalue weighted by Crippen LogP contribution is -2.18. The van der Waals surface area contributed by atoms with Gasteiger partial charge >= 0.3 is 0 Å². The zero-order valence-electron chi connectivity index (χ0n) is 8.26. The van der Waals surface area contributed by atoms with Gasteiger partial charge < -0.3 is 9.64 Å². The molecule has 0 heterocycles. The van der Waals surface area contributed by atoms with E-state index >= 15 is 0 Å². The quantitative estimate of drug-likeness (QED) is 0.584. The fraction of sp³-hybridized carbons (Fsp3) is 1.00. The summed E-state index contributed by atoms with van der Waals surface area (Å²) in [5.74, 6) is 0.738. The molecular weight excluding hydrogens is 138 g/mol. The molecule has 68 valence electrons. The van der Waals surface area contributed by atoms with E-state index in [2.05, 4.69) is 25.9 Å². The van der Waals surface area contributed by atoms with Crippen LogP contribution < -0.4 is 0 Å².